The van der Waals surface area contributed by atoms with E-state index in [2.05, 4.69) is 27.4 Å². The highest BCUT2D eigenvalue weighted by Crippen LogP contribution is 2.37. The molecule has 3 heterocycles. The van der Waals surface area contributed by atoms with Crippen LogP contribution in [-0.2, 0) is 14.3 Å². The van der Waals surface area contributed by atoms with Gasteiger partial charge in [-0.1, -0.05) is 23.8 Å². The number of amides is 1. The number of carbonyl (C=O) groups excluding carboxylic acids is 1. The molecule has 0 unspecified atom stereocenters. The maximum absolute atomic E-state index is 12.1. The lowest BCUT2D eigenvalue weighted by Gasteiger charge is -2.17. The molecule has 3 N–H and O–H groups in total. The van der Waals surface area contributed by atoms with Gasteiger partial charge < -0.3 is 25.0 Å². The van der Waals surface area contributed by atoms with Crippen LogP contribution in [0.2, 0.25) is 0 Å². The fourth-order valence-corrected chi connectivity index (χ4v) is 3.88. The van der Waals surface area contributed by atoms with Gasteiger partial charge in [0, 0.05) is 6.42 Å². The first kappa shape index (κ1) is 19.6. The maximum atomic E-state index is 12.1. The van der Waals surface area contributed by atoms with E-state index in [0.717, 1.165) is 24.2 Å². The van der Waals surface area contributed by atoms with Crippen LogP contribution in [0.3, 0.4) is 0 Å². The summed E-state index contributed by atoms with van der Waals surface area (Å²) in [4.78, 5) is 31.0. The van der Waals surface area contributed by atoms with Crippen LogP contribution in [0.4, 0.5) is 0 Å². The zero-order valence-corrected chi connectivity index (χ0v) is 16.4. The van der Waals surface area contributed by atoms with Crippen LogP contribution in [0, 0.1) is 0 Å². The molecule has 1 aliphatic heterocycles. The summed E-state index contributed by atoms with van der Waals surface area (Å²) in [5.41, 5.74) is 1.34. The number of aromatic hydroxyl groups is 1. The fourth-order valence-electron chi connectivity index (χ4n) is 2.95. The number of pyridine rings is 1. The van der Waals surface area contributed by atoms with E-state index in [0.29, 0.717) is 33.2 Å². The second-order valence-electron chi connectivity index (χ2n) is 6.54. The number of carboxylic acids is 1. The van der Waals surface area contributed by atoms with Gasteiger partial charge in [-0.2, -0.15) is 0 Å². The minimum Gasteiger partial charge on any atom is -0.504 e. The lowest BCUT2D eigenvalue weighted by Crippen LogP contribution is -2.29. The van der Waals surface area contributed by atoms with Crippen LogP contribution >= 0.6 is 11.3 Å². The van der Waals surface area contributed by atoms with Gasteiger partial charge in [0.25, 0.3) is 5.91 Å². The monoisotopic (exact) mass is 427 g/mol. The number of aliphatic carboxylic acids is 1. The van der Waals surface area contributed by atoms with Crippen molar-refractivity contribution in [1.29, 1.82) is 0 Å². The molecule has 0 spiro atoms. The molecule has 0 atom stereocenters. The Morgan fingerprint density at radius 1 is 1.30 bits per heavy atom. The number of hydrogen-bond donors (Lipinski definition) is 3. The molecule has 0 aromatic carbocycles. The molecule has 0 saturated heterocycles. The SMILES string of the molecule is O=C(O)CNC(=O)c1ncc2nc(C3=COC=C(CC4=CC=CCC4)O3)sc2c1O. The Kier molecular flexibility index (Phi) is 5.48. The molecule has 2 aromatic heterocycles. The van der Waals surface area contributed by atoms with E-state index in [9.17, 15) is 14.7 Å². The second kappa shape index (κ2) is 8.37. The van der Waals surface area contributed by atoms with Crippen molar-refractivity contribution in [2.45, 2.75) is 19.3 Å². The molecule has 4 rings (SSSR count). The molecule has 1 aliphatic carbocycles. The van der Waals surface area contributed by atoms with Crippen molar-refractivity contribution >= 4 is 39.2 Å². The molecule has 2 aliphatic rings. The van der Waals surface area contributed by atoms with Crippen LogP contribution in [-0.4, -0.2) is 38.6 Å². The van der Waals surface area contributed by atoms with E-state index < -0.39 is 18.4 Å². The summed E-state index contributed by atoms with van der Waals surface area (Å²) in [6.07, 6.45) is 13.1. The number of fused-ring (bicyclic) bond motifs is 1. The molecule has 154 valence electrons. The van der Waals surface area contributed by atoms with Gasteiger partial charge in [-0.3, -0.25) is 9.59 Å². The van der Waals surface area contributed by atoms with Crippen LogP contribution in [0.25, 0.3) is 16.0 Å². The Bertz CT molecular complexity index is 1140. The lowest BCUT2D eigenvalue weighted by atomic mass is 10.0. The molecule has 30 heavy (non-hydrogen) atoms. The van der Waals surface area contributed by atoms with Crippen molar-refractivity contribution < 1.29 is 29.3 Å². The Balaban J connectivity index is 1.53. The Morgan fingerprint density at radius 2 is 2.17 bits per heavy atom. The third kappa shape index (κ3) is 4.18. The highest BCUT2D eigenvalue weighted by atomic mass is 32.1. The number of carboxylic acid groups (broad SMARTS) is 1. The van der Waals surface area contributed by atoms with E-state index >= 15 is 0 Å². The minimum absolute atomic E-state index is 0.272. The number of nitrogens with zero attached hydrogens (tertiary/aromatic N) is 2. The molecule has 0 bridgehead atoms. The number of allylic oxidation sites excluding steroid dienone is 4. The Morgan fingerprint density at radius 3 is 2.93 bits per heavy atom. The van der Waals surface area contributed by atoms with Crippen molar-refractivity contribution in [3.8, 4) is 5.75 Å². The van der Waals surface area contributed by atoms with E-state index in [1.807, 2.05) is 6.08 Å². The number of thiazole rings is 1. The average Bonchev–Trinajstić information content (AvgIpc) is 3.19. The number of aromatic nitrogens is 2. The first-order valence-electron chi connectivity index (χ1n) is 9.07. The van der Waals surface area contributed by atoms with Gasteiger partial charge in [0.15, 0.2) is 22.2 Å². The summed E-state index contributed by atoms with van der Waals surface area (Å²) < 4.78 is 11.7. The van der Waals surface area contributed by atoms with Gasteiger partial charge in [-0.25, -0.2) is 9.97 Å². The van der Waals surface area contributed by atoms with E-state index in [4.69, 9.17) is 14.6 Å². The molecule has 0 fully saturated rings. The average molecular weight is 427 g/mol. The van der Waals surface area contributed by atoms with Gasteiger partial charge >= 0.3 is 5.97 Å². The quantitative estimate of drug-likeness (QED) is 0.641. The first-order chi connectivity index (χ1) is 14.5. The van der Waals surface area contributed by atoms with Crippen LogP contribution in [0.5, 0.6) is 5.75 Å². The standard InChI is InChI=1S/C20H17N3O6S/c24-15(25)8-22-19(27)16-17(26)18-13(7-21-16)23-20(30-18)14-10-28-9-12(29-14)6-11-4-2-1-3-5-11/h1-2,4,7,9-10,26H,3,5-6,8H2,(H,22,27)(H,24,25). The summed E-state index contributed by atoms with van der Waals surface area (Å²) in [7, 11) is 0. The number of hydrogen-bond acceptors (Lipinski definition) is 8. The predicted octanol–water partition coefficient (Wildman–Crippen LogP) is 3.06. The summed E-state index contributed by atoms with van der Waals surface area (Å²) in [6.45, 7) is -0.578. The van der Waals surface area contributed by atoms with Crippen molar-refractivity contribution in [3.05, 3.63) is 59.0 Å². The zero-order valence-electron chi connectivity index (χ0n) is 15.6. The zero-order chi connectivity index (χ0) is 21.1. The van der Waals surface area contributed by atoms with Crippen molar-refractivity contribution in [3.63, 3.8) is 0 Å². The van der Waals surface area contributed by atoms with Gasteiger partial charge in [0.2, 0.25) is 0 Å². The van der Waals surface area contributed by atoms with Crippen molar-refractivity contribution in [2.24, 2.45) is 0 Å². The fraction of sp³-hybridized carbons (Fsp3) is 0.200. The normalized spacial score (nSPS) is 15.5. The molecular formula is C20H17N3O6S. The van der Waals surface area contributed by atoms with E-state index in [1.165, 1.54) is 18.0 Å². The third-order valence-electron chi connectivity index (χ3n) is 4.35. The van der Waals surface area contributed by atoms with E-state index in [-0.39, 0.29) is 11.4 Å². The molecule has 0 saturated carbocycles. The van der Waals surface area contributed by atoms with Crippen molar-refractivity contribution in [2.75, 3.05) is 6.54 Å². The highest BCUT2D eigenvalue weighted by Gasteiger charge is 2.22. The van der Waals surface area contributed by atoms with Gasteiger partial charge in [0.1, 0.15) is 35.0 Å². The molecule has 10 heteroatoms. The molecule has 9 nitrogen and oxygen atoms in total. The summed E-state index contributed by atoms with van der Waals surface area (Å²) in [6, 6.07) is 0. The van der Waals surface area contributed by atoms with Crippen LogP contribution < -0.4 is 5.32 Å². The van der Waals surface area contributed by atoms with Crippen LogP contribution in [0.1, 0.15) is 34.8 Å². The number of carbonyl (C=O) groups is 2. The van der Waals surface area contributed by atoms with Gasteiger partial charge in [0.05, 0.1) is 6.20 Å². The van der Waals surface area contributed by atoms with E-state index in [1.54, 1.807) is 6.26 Å². The summed E-state index contributed by atoms with van der Waals surface area (Å²) in [5.74, 6) is -1.33. The molecular weight excluding hydrogens is 410 g/mol. The van der Waals surface area contributed by atoms with Gasteiger partial charge in [-0.15, -0.1) is 11.3 Å². The summed E-state index contributed by atoms with van der Waals surface area (Å²) >= 11 is 1.11. The first-order valence-corrected chi connectivity index (χ1v) is 9.89. The predicted molar refractivity (Wildman–Crippen MR) is 108 cm³/mol. The Labute approximate surface area is 174 Å². The number of rotatable bonds is 6. The molecule has 2 aromatic rings. The number of ether oxygens (including phenoxy) is 2. The smallest absolute Gasteiger partial charge is 0.322 e. The third-order valence-corrected chi connectivity index (χ3v) is 5.44. The largest absolute Gasteiger partial charge is 0.504 e. The molecule has 1 amide bonds. The second-order valence-corrected chi connectivity index (χ2v) is 7.54. The number of nitrogens with one attached hydrogen (secondary N) is 1. The van der Waals surface area contributed by atoms with Crippen molar-refractivity contribution in [1.82, 2.24) is 15.3 Å². The van der Waals surface area contributed by atoms with Gasteiger partial charge in [-0.05, 0) is 12.8 Å². The minimum atomic E-state index is -1.20. The maximum Gasteiger partial charge on any atom is 0.322 e. The highest BCUT2D eigenvalue weighted by molar-refractivity contribution is 7.19. The topological polar surface area (TPSA) is 131 Å². The van der Waals surface area contributed by atoms with Crippen LogP contribution in [0.15, 0.2) is 48.3 Å². The molecule has 0 radical (unpaired) electrons. The Hall–Kier alpha value is -3.66. The lowest BCUT2D eigenvalue weighted by molar-refractivity contribution is -0.135. The summed E-state index contributed by atoms with van der Waals surface area (Å²) in [5, 5.41) is 21.7.